The molecule has 1 aromatic carbocycles. The highest BCUT2D eigenvalue weighted by molar-refractivity contribution is 9.10. The Morgan fingerprint density at radius 2 is 2.00 bits per heavy atom. The lowest BCUT2D eigenvalue weighted by Crippen LogP contribution is -2.37. The number of nitrogens with one attached hydrogen (secondary N) is 1. The highest BCUT2D eigenvalue weighted by Crippen LogP contribution is 2.34. The summed E-state index contributed by atoms with van der Waals surface area (Å²) in [5, 5.41) is 12.1. The minimum atomic E-state index is -0.374. The summed E-state index contributed by atoms with van der Waals surface area (Å²) in [5.41, 5.74) is 0.768. The SMILES string of the molecule is CC1(Nc2ccc(C#N)c(Br)c2F)CCCCC1. The van der Waals surface area contributed by atoms with Gasteiger partial charge in [0.2, 0.25) is 0 Å². The Bertz CT molecular complexity index is 487. The monoisotopic (exact) mass is 310 g/mol. The van der Waals surface area contributed by atoms with Crippen molar-refractivity contribution >= 4 is 21.6 Å². The molecule has 1 N–H and O–H groups in total. The highest BCUT2D eigenvalue weighted by Gasteiger charge is 2.27. The normalized spacial score (nSPS) is 18.1. The van der Waals surface area contributed by atoms with Gasteiger partial charge in [-0.05, 0) is 47.8 Å². The van der Waals surface area contributed by atoms with Crippen LogP contribution >= 0.6 is 15.9 Å². The molecule has 1 aromatic rings. The van der Waals surface area contributed by atoms with E-state index in [1.165, 1.54) is 19.3 Å². The van der Waals surface area contributed by atoms with Crippen molar-refractivity contribution in [2.45, 2.75) is 44.6 Å². The van der Waals surface area contributed by atoms with E-state index in [2.05, 4.69) is 28.2 Å². The lowest BCUT2D eigenvalue weighted by molar-refractivity contribution is 0.348. The van der Waals surface area contributed by atoms with E-state index in [1.54, 1.807) is 12.1 Å². The van der Waals surface area contributed by atoms with Gasteiger partial charge in [-0.15, -0.1) is 0 Å². The number of halogens is 2. The van der Waals surface area contributed by atoms with Crippen LogP contribution in [0.5, 0.6) is 0 Å². The zero-order valence-electron chi connectivity index (χ0n) is 10.4. The fourth-order valence-electron chi connectivity index (χ4n) is 2.51. The topological polar surface area (TPSA) is 35.8 Å². The van der Waals surface area contributed by atoms with E-state index in [0.717, 1.165) is 12.8 Å². The Morgan fingerprint density at radius 3 is 2.61 bits per heavy atom. The summed E-state index contributed by atoms with van der Waals surface area (Å²) in [6.07, 6.45) is 5.75. The molecular weight excluding hydrogens is 295 g/mol. The van der Waals surface area contributed by atoms with E-state index in [-0.39, 0.29) is 15.8 Å². The van der Waals surface area contributed by atoms with E-state index in [9.17, 15) is 4.39 Å². The molecule has 2 rings (SSSR count). The number of nitriles is 1. The van der Waals surface area contributed by atoms with Crippen molar-refractivity contribution in [3.63, 3.8) is 0 Å². The van der Waals surface area contributed by atoms with Gasteiger partial charge in [-0.25, -0.2) is 4.39 Å². The molecule has 0 spiro atoms. The van der Waals surface area contributed by atoms with Crippen LogP contribution < -0.4 is 5.32 Å². The molecule has 1 aliphatic carbocycles. The second-order valence-corrected chi connectivity index (χ2v) is 5.94. The molecule has 1 fully saturated rings. The average Bonchev–Trinajstić information content (AvgIpc) is 2.36. The number of hydrogen-bond donors (Lipinski definition) is 1. The van der Waals surface area contributed by atoms with Gasteiger partial charge in [-0.3, -0.25) is 0 Å². The van der Waals surface area contributed by atoms with E-state index in [0.29, 0.717) is 11.3 Å². The standard InChI is InChI=1S/C14H16BrFN2/c1-14(7-3-2-4-8-14)18-11-6-5-10(9-17)12(15)13(11)16/h5-6,18H,2-4,7-8H2,1H3. The molecule has 2 nitrogen and oxygen atoms in total. The van der Waals surface area contributed by atoms with Crippen molar-refractivity contribution in [1.29, 1.82) is 5.26 Å². The Morgan fingerprint density at radius 1 is 1.33 bits per heavy atom. The maximum absolute atomic E-state index is 14.1. The molecule has 0 atom stereocenters. The third-order valence-corrected chi connectivity index (χ3v) is 4.37. The second-order valence-electron chi connectivity index (χ2n) is 5.15. The number of nitrogens with zero attached hydrogens (tertiary/aromatic N) is 1. The van der Waals surface area contributed by atoms with Gasteiger partial charge in [-0.1, -0.05) is 19.3 Å². The molecule has 0 heterocycles. The maximum atomic E-state index is 14.1. The average molecular weight is 311 g/mol. The van der Waals surface area contributed by atoms with Crippen molar-refractivity contribution in [2.24, 2.45) is 0 Å². The highest BCUT2D eigenvalue weighted by atomic mass is 79.9. The smallest absolute Gasteiger partial charge is 0.161 e. The summed E-state index contributed by atoms with van der Waals surface area (Å²) >= 11 is 3.14. The van der Waals surface area contributed by atoms with Gasteiger partial charge in [0.05, 0.1) is 15.7 Å². The number of anilines is 1. The minimum Gasteiger partial charge on any atom is -0.377 e. The van der Waals surface area contributed by atoms with Crippen LogP contribution in [0.25, 0.3) is 0 Å². The van der Waals surface area contributed by atoms with Gasteiger partial charge >= 0.3 is 0 Å². The molecule has 0 radical (unpaired) electrons. The molecule has 0 unspecified atom stereocenters. The van der Waals surface area contributed by atoms with Crippen molar-refractivity contribution < 1.29 is 4.39 Å². The third-order valence-electron chi connectivity index (χ3n) is 3.60. The van der Waals surface area contributed by atoms with Crippen LogP contribution in [0.15, 0.2) is 16.6 Å². The van der Waals surface area contributed by atoms with Crippen molar-refractivity contribution in [2.75, 3.05) is 5.32 Å². The van der Waals surface area contributed by atoms with Crippen LogP contribution in [0.4, 0.5) is 10.1 Å². The summed E-state index contributed by atoms with van der Waals surface area (Å²) in [4.78, 5) is 0. The van der Waals surface area contributed by atoms with Gasteiger partial charge in [0.15, 0.2) is 5.82 Å². The quantitative estimate of drug-likeness (QED) is 0.867. The summed E-state index contributed by atoms with van der Waals surface area (Å²) in [6, 6.07) is 5.25. The number of rotatable bonds is 2. The van der Waals surface area contributed by atoms with Gasteiger partial charge in [0.25, 0.3) is 0 Å². The molecule has 0 aromatic heterocycles. The maximum Gasteiger partial charge on any atom is 0.161 e. The van der Waals surface area contributed by atoms with E-state index >= 15 is 0 Å². The van der Waals surface area contributed by atoms with Gasteiger partial charge in [0.1, 0.15) is 6.07 Å². The van der Waals surface area contributed by atoms with E-state index in [4.69, 9.17) is 5.26 Å². The predicted molar refractivity (Wildman–Crippen MR) is 73.9 cm³/mol. The molecule has 1 saturated carbocycles. The largest absolute Gasteiger partial charge is 0.377 e. The first-order valence-corrected chi connectivity index (χ1v) is 7.01. The molecule has 18 heavy (non-hydrogen) atoms. The fourth-order valence-corrected chi connectivity index (χ4v) is 2.95. The minimum absolute atomic E-state index is 0.0350. The molecular formula is C14H16BrFN2. The molecule has 4 heteroatoms. The first kappa shape index (κ1) is 13.4. The van der Waals surface area contributed by atoms with Crippen LogP contribution in [-0.2, 0) is 0 Å². The van der Waals surface area contributed by atoms with Crippen LogP contribution in [0.2, 0.25) is 0 Å². The second kappa shape index (κ2) is 5.27. The van der Waals surface area contributed by atoms with Gasteiger partial charge in [-0.2, -0.15) is 5.26 Å². The number of hydrogen-bond acceptors (Lipinski definition) is 2. The molecule has 0 saturated heterocycles. The summed E-state index contributed by atoms with van der Waals surface area (Å²) in [6.45, 7) is 2.14. The van der Waals surface area contributed by atoms with Crippen LogP contribution in [0, 0.1) is 17.1 Å². The first-order chi connectivity index (χ1) is 8.56. The molecule has 0 amide bonds. The molecule has 1 aliphatic rings. The Labute approximate surface area is 115 Å². The lowest BCUT2D eigenvalue weighted by atomic mass is 9.83. The van der Waals surface area contributed by atoms with Crippen LogP contribution in [0.1, 0.15) is 44.6 Å². The zero-order valence-corrected chi connectivity index (χ0v) is 12.0. The van der Waals surface area contributed by atoms with E-state index < -0.39 is 0 Å². The zero-order chi connectivity index (χ0) is 13.2. The predicted octanol–water partition coefficient (Wildman–Crippen LogP) is 4.59. The summed E-state index contributed by atoms with van der Waals surface area (Å²) in [5.74, 6) is -0.374. The summed E-state index contributed by atoms with van der Waals surface area (Å²) in [7, 11) is 0. The molecule has 96 valence electrons. The van der Waals surface area contributed by atoms with Crippen molar-refractivity contribution in [1.82, 2.24) is 0 Å². The molecule has 0 bridgehead atoms. The van der Waals surface area contributed by atoms with Crippen molar-refractivity contribution in [3.8, 4) is 6.07 Å². The van der Waals surface area contributed by atoms with Crippen LogP contribution in [0.3, 0.4) is 0 Å². The van der Waals surface area contributed by atoms with E-state index in [1.807, 2.05) is 6.07 Å². The first-order valence-electron chi connectivity index (χ1n) is 6.22. The Balaban J connectivity index is 2.24. The number of benzene rings is 1. The summed E-state index contributed by atoms with van der Waals surface area (Å²) < 4.78 is 14.4. The fraction of sp³-hybridized carbons (Fsp3) is 0.500. The van der Waals surface area contributed by atoms with Crippen molar-refractivity contribution in [3.05, 3.63) is 28.0 Å². The van der Waals surface area contributed by atoms with Gasteiger partial charge < -0.3 is 5.32 Å². The molecule has 0 aliphatic heterocycles. The van der Waals surface area contributed by atoms with Gasteiger partial charge in [0, 0.05) is 5.54 Å². The Kier molecular flexibility index (Phi) is 3.91. The lowest BCUT2D eigenvalue weighted by Gasteiger charge is -2.35. The Hall–Kier alpha value is -1.08. The van der Waals surface area contributed by atoms with Crippen LogP contribution in [-0.4, -0.2) is 5.54 Å². The third kappa shape index (κ3) is 2.67.